The molecule has 1 saturated heterocycles. The Morgan fingerprint density at radius 2 is 2.00 bits per heavy atom. The zero-order valence-electron chi connectivity index (χ0n) is 11.9. The normalized spacial score (nSPS) is 17.7. The van der Waals surface area contributed by atoms with Gasteiger partial charge in [0.2, 0.25) is 5.95 Å². The summed E-state index contributed by atoms with van der Waals surface area (Å²) in [6, 6.07) is 1.21. The SMILES string of the molecule is Cc1cc(C)nc(NC(CC2CCOCC2)C(=O)O)n1. The number of rotatable bonds is 5. The number of aromatic nitrogens is 2. The molecule has 110 valence electrons. The minimum Gasteiger partial charge on any atom is -0.480 e. The van der Waals surface area contributed by atoms with Gasteiger partial charge in [-0.05, 0) is 45.1 Å². The highest BCUT2D eigenvalue weighted by molar-refractivity contribution is 5.76. The number of anilines is 1. The Labute approximate surface area is 118 Å². The van der Waals surface area contributed by atoms with E-state index in [1.54, 1.807) is 0 Å². The van der Waals surface area contributed by atoms with Crippen molar-refractivity contribution in [3.05, 3.63) is 17.5 Å². The number of carboxylic acid groups (broad SMARTS) is 1. The largest absolute Gasteiger partial charge is 0.480 e. The second-order valence-corrected chi connectivity index (χ2v) is 5.30. The van der Waals surface area contributed by atoms with Gasteiger partial charge in [0.15, 0.2) is 0 Å². The molecular formula is C14H21N3O3. The zero-order valence-corrected chi connectivity index (χ0v) is 11.9. The van der Waals surface area contributed by atoms with Gasteiger partial charge in [0, 0.05) is 24.6 Å². The van der Waals surface area contributed by atoms with Gasteiger partial charge in [0.1, 0.15) is 6.04 Å². The molecule has 0 saturated carbocycles. The van der Waals surface area contributed by atoms with Gasteiger partial charge in [-0.1, -0.05) is 0 Å². The third-order valence-corrected chi connectivity index (χ3v) is 3.49. The van der Waals surface area contributed by atoms with Crippen LogP contribution >= 0.6 is 0 Å². The molecule has 1 aromatic rings. The van der Waals surface area contributed by atoms with E-state index in [2.05, 4.69) is 15.3 Å². The van der Waals surface area contributed by atoms with Crippen molar-refractivity contribution in [1.82, 2.24) is 9.97 Å². The average molecular weight is 279 g/mol. The first kappa shape index (κ1) is 14.7. The van der Waals surface area contributed by atoms with Crippen LogP contribution in [0, 0.1) is 19.8 Å². The molecule has 0 radical (unpaired) electrons. The van der Waals surface area contributed by atoms with Gasteiger partial charge in [-0.25, -0.2) is 14.8 Å². The molecule has 2 N–H and O–H groups in total. The summed E-state index contributed by atoms with van der Waals surface area (Å²) in [6.07, 6.45) is 2.41. The molecule has 0 aromatic carbocycles. The monoisotopic (exact) mass is 279 g/mol. The molecule has 6 heteroatoms. The maximum Gasteiger partial charge on any atom is 0.326 e. The lowest BCUT2D eigenvalue weighted by molar-refractivity contribution is -0.138. The van der Waals surface area contributed by atoms with Crippen molar-refractivity contribution in [2.75, 3.05) is 18.5 Å². The molecule has 0 aliphatic carbocycles. The molecule has 2 heterocycles. The third kappa shape index (κ3) is 4.16. The first-order valence-electron chi connectivity index (χ1n) is 6.94. The highest BCUT2D eigenvalue weighted by Gasteiger charge is 2.24. The topological polar surface area (TPSA) is 84.3 Å². The summed E-state index contributed by atoms with van der Waals surface area (Å²) in [6.45, 7) is 5.18. The van der Waals surface area contributed by atoms with Crippen LogP contribution in [0.5, 0.6) is 0 Å². The minimum absolute atomic E-state index is 0.378. The van der Waals surface area contributed by atoms with E-state index >= 15 is 0 Å². The molecule has 2 rings (SSSR count). The van der Waals surface area contributed by atoms with Crippen molar-refractivity contribution in [3.8, 4) is 0 Å². The van der Waals surface area contributed by atoms with Crippen molar-refractivity contribution in [2.24, 2.45) is 5.92 Å². The number of nitrogens with zero attached hydrogens (tertiary/aromatic N) is 2. The van der Waals surface area contributed by atoms with E-state index < -0.39 is 12.0 Å². The molecule has 1 aliphatic rings. The summed E-state index contributed by atoms with van der Waals surface area (Å²) >= 11 is 0. The van der Waals surface area contributed by atoms with Crippen molar-refractivity contribution in [3.63, 3.8) is 0 Å². The Morgan fingerprint density at radius 1 is 1.40 bits per heavy atom. The maximum atomic E-state index is 11.4. The standard InChI is InChI=1S/C14H21N3O3/c1-9-7-10(2)16-14(15-9)17-12(13(18)19)8-11-3-5-20-6-4-11/h7,11-12H,3-6,8H2,1-2H3,(H,18,19)(H,15,16,17). The highest BCUT2D eigenvalue weighted by atomic mass is 16.5. The van der Waals surface area contributed by atoms with Gasteiger partial charge >= 0.3 is 5.97 Å². The summed E-state index contributed by atoms with van der Waals surface area (Å²) in [5.41, 5.74) is 1.66. The summed E-state index contributed by atoms with van der Waals surface area (Å²) in [7, 11) is 0. The van der Waals surface area contributed by atoms with Gasteiger partial charge in [-0.15, -0.1) is 0 Å². The van der Waals surface area contributed by atoms with Crippen molar-refractivity contribution >= 4 is 11.9 Å². The molecule has 0 amide bonds. The summed E-state index contributed by atoms with van der Waals surface area (Å²) < 4.78 is 5.30. The van der Waals surface area contributed by atoms with E-state index in [0.717, 1.165) is 37.4 Å². The smallest absolute Gasteiger partial charge is 0.326 e. The fourth-order valence-electron chi connectivity index (χ4n) is 2.48. The number of hydrogen-bond acceptors (Lipinski definition) is 5. The minimum atomic E-state index is -0.862. The van der Waals surface area contributed by atoms with Crippen molar-refractivity contribution < 1.29 is 14.6 Å². The number of hydrogen-bond donors (Lipinski definition) is 2. The van der Waals surface area contributed by atoms with Crippen LogP contribution in [0.1, 0.15) is 30.7 Å². The Balaban J connectivity index is 2.02. The number of ether oxygens (including phenoxy) is 1. The summed E-state index contributed by atoms with van der Waals surface area (Å²) in [5, 5.41) is 12.3. The second kappa shape index (κ2) is 6.65. The van der Waals surface area contributed by atoms with Crippen LogP contribution in [0.25, 0.3) is 0 Å². The Kier molecular flexibility index (Phi) is 4.89. The molecular weight excluding hydrogens is 258 g/mol. The fourth-order valence-corrected chi connectivity index (χ4v) is 2.48. The molecule has 0 bridgehead atoms. The lowest BCUT2D eigenvalue weighted by atomic mass is 9.92. The summed E-state index contributed by atoms with van der Waals surface area (Å²) in [5.74, 6) is -0.0931. The van der Waals surface area contributed by atoms with Crippen LogP contribution in [-0.2, 0) is 9.53 Å². The van der Waals surface area contributed by atoms with Crippen LogP contribution in [0.4, 0.5) is 5.95 Å². The number of nitrogens with one attached hydrogen (secondary N) is 1. The Hall–Kier alpha value is -1.69. The number of carbonyl (C=O) groups is 1. The lowest BCUT2D eigenvalue weighted by Crippen LogP contribution is -2.34. The van der Waals surface area contributed by atoms with E-state index in [-0.39, 0.29) is 0 Å². The van der Waals surface area contributed by atoms with Crippen LogP contribution in [0.3, 0.4) is 0 Å². The average Bonchev–Trinajstić information content (AvgIpc) is 2.38. The van der Waals surface area contributed by atoms with E-state index in [1.807, 2.05) is 19.9 Å². The van der Waals surface area contributed by atoms with E-state index in [0.29, 0.717) is 18.3 Å². The van der Waals surface area contributed by atoms with Crippen LogP contribution in [-0.4, -0.2) is 40.3 Å². The van der Waals surface area contributed by atoms with Crippen LogP contribution in [0.2, 0.25) is 0 Å². The molecule has 1 fully saturated rings. The molecule has 0 spiro atoms. The highest BCUT2D eigenvalue weighted by Crippen LogP contribution is 2.21. The van der Waals surface area contributed by atoms with Crippen LogP contribution in [0.15, 0.2) is 6.07 Å². The van der Waals surface area contributed by atoms with Gasteiger partial charge in [0.25, 0.3) is 0 Å². The van der Waals surface area contributed by atoms with Crippen molar-refractivity contribution in [2.45, 2.75) is 39.2 Å². The number of carboxylic acids is 1. The van der Waals surface area contributed by atoms with Crippen molar-refractivity contribution in [1.29, 1.82) is 0 Å². The molecule has 1 aliphatic heterocycles. The van der Waals surface area contributed by atoms with Gasteiger partial charge in [0.05, 0.1) is 0 Å². The molecule has 6 nitrogen and oxygen atoms in total. The van der Waals surface area contributed by atoms with Crippen LogP contribution < -0.4 is 5.32 Å². The third-order valence-electron chi connectivity index (χ3n) is 3.49. The molecule has 1 atom stereocenters. The quantitative estimate of drug-likeness (QED) is 0.854. The van der Waals surface area contributed by atoms with Gasteiger partial charge in [-0.3, -0.25) is 0 Å². The number of aryl methyl sites for hydroxylation is 2. The fraction of sp³-hybridized carbons (Fsp3) is 0.643. The predicted octanol–water partition coefficient (Wildman–Crippen LogP) is 1.78. The first-order chi connectivity index (χ1) is 9.54. The summed E-state index contributed by atoms with van der Waals surface area (Å²) in [4.78, 5) is 19.9. The van der Waals surface area contributed by atoms with Gasteiger partial charge < -0.3 is 15.2 Å². The zero-order chi connectivity index (χ0) is 14.5. The first-order valence-corrected chi connectivity index (χ1v) is 6.94. The van der Waals surface area contributed by atoms with Gasteiger partial charge in [-0.2, -0.15) is 0 Å². The van der Waals surface area contributed by atoms with E-state index in [9.17, 15) is 9.90 Å². The molecule has 1 unspecified atom stereocenters. The maximum absolute atomic E-state index is 11.4. The lowest BCUT2D eigenvalue weighted by Gasteiger charge is -2.25. The predicted molar refractivity (Wildman–Crippen MR) is 74.7 cm³/mol. The Bertz CT molecular complexity index is 452. The molecule has 1 aromatic heterocycles. The Morgan fingerprint density at radius 3 is 2.55 bits per heavy atom. The van der Waals surface area contributed by atoms with E-state index in [1.165, 1.54) is 0 Å². The second-order valence-electron chi connectivity index (χ2n) is 5.30. The van der Waals surface area contributed by atoms with E-state index in [4.69, 9.17) is 4.74 Å². The number of aliphatic carboxylic acids is 1. The molecule has 20 heavy (non-hydrogen) atoms.